The van der Waals surface area contributed by atoms with Gasteiger partial charge in [0.2, 0.25) is 0 Å². The molecule has 1 aromatic heterocycles. The lowest BCUT2D eigenvalue weighted by molar-refractivity contribution is 0.253. The van der Waals surface area contributed by atoms with Crippen LogP contribution >= 0.6 is 0 Å². The standard InChI is InChI=1S/C13H23N3/c1-2-11-4-3-5-12(8-11)9-14-10-13-6-7-15-16-13/h6-7,11-12,14H,2-5,8-10H2,1H3,(H,15,16). The maximum atomic E-state index is 3.95. The quantitative estimate of drug-likeness (QED) is 0.802. The molecule has 1 heterocycles. The van der Waals surface area contributed by atoms with E-state index >= 15 is 0 Å². The molecule has 2 N–H and O–H groups in total. The highest BCUT2D eigenvalue weighted by atomic mass is 15.1. The SMILES string of the molecule is CCC1CCCC(CNCc2ccn[nH]2)C1. The third kappa shape index (κ3) is 3.34. The Hall–Kier alpha value is -0.830. The minimum Gasteiger partial charge on any atom is -0.311 e. The highest BCUT2D eigenvalue weighted by Crippen LogP contribution is 2.30. The minimum atomic E-state index is 0.890. The van der Waals surface area contributed by atoms with Crippen LogP contribution in [0.15, 0.2) is 12.3 Å². The number of hydrogen-bond donors (Lipinski definition) is 2. The van der Waals surface area contributed by atoms with E-state index in [1.807, 2.05) is 12.3 Å². The van der Waals surface area contributed by atoms with E-state index in [1.54, 1.807) is 0 Å². The Balaban J connectivity index is 1.65. The van der Waals surface area contributed by atoms with E-state index in [0.717, 1.165) is 24.9 Å². The first-order chi connectivity index (χ1) is 7.88. The summed E-state index contributed by atoms with van der Waals surface area (Å²) >= 11 is 0. The summed E-state index contributed by atoms with van der Waals surface area (Å²) in [6.45, 7) is 4.41. The molecule has 0 saturated heterocycles. The molecule has 3 nitrogen and oxygen atoms in total. The van der Waals surface area contributed by atoms with Crippen molar-refractivity contribution in [2.24, 2.45) is 11.8 Å². The highest BCUT2D eigenvalue weighted by molar-refractivity contribution is 4.96. The summed E-state index contributed by atoms with van der Waals surface area (Å²) < 4.78 is 0. The predicted octanol–water partition coefficient (Wildman–Crippen LogP) is 2.72. The summed E-state index contributed by atoms with van der Waals surface area (Å²) in [4.78, 5) is 0. The van der Waals surface area contributed by atoms with E-state index in [4.69, 9.17) is 0 Å². The van der Waals surface area contributed by atoms with E-state index in [0.29, 0.717) is 0 Å². The van der Waals surface area contributed by atoms with Gasteiger partial charge < -0.3 is 5.32 Å². The fourth-order valence-electron chi connectivity index (χ4n) is 2.75. The molecule has 3 heteroatoms. The van der Waals surface area contributed by atoms with Gasteiger partial charge in [-0.15, -0.1) is 0 Å². The van der Waals surface area contributed by atoms with E-state index in [9.17, 15) is 0 Å². The molecule has 1 fully saturated rings. The molecule has 0 radical (unpaired) electrons. The summed E-state index contributed by atoms with van der Waals surface area (Å²) in [6, 6.07) is 2.03. The second-order valence-corrected chi connectivity index (χ2v) is 5.02. The molecule has 16 heavy (non-hydrogen) atoms. The maximum absolute atomic E-state index is 3.95. The molecule has 0 aromatic carbocycles. The average Bonchev–Trinajstić information content (AvgIpc) is 2.82. The van der Waals surface area contributed by atoms with Gasteiger partial charge in [0.05, 0.1) is 0 Å². The van der Waals surface area contributed by atoms with Crippen LogP contribution in [0.5, 0.6) is 0 Å². The van der Waals surface area contributed by atoms with Crippen LogP contribution in [0.4, 0.5) is 0 Å². The van der Waals surface area contributed by atoms with Crippen LogP contribution < -0.4 is 5.32 Å². The molecule has 1 aromatic rings. The normalized spacial score (nSPS) is 25.8. The van der Waals surface area contributed by atoms with Gasteiger partial charge in [0.25, 0.3) is 0 Å². The van der Waals surface area contributed by atoms with Gasteiger partial charge in [-0.2, -0.15) is 5.10 Å². The lowest BCUT2D eigenvalue weighted by Crippen LogP contribution is -2.27. The van der Waals surface area contributed by atoms with Crippen molar-refractivity contribution in [1.82, 2.24) is 15.5 Å². The number of nitrogens with one attached hydrogen (secondary N) is 2. The van der Waals surface area contributed by atoms with Gasteiger partial charge in [-0.3, -0.25) is 5.10 Å². The molecule has 90 valence electrons. The highest BCUT2D eigenvalue weighted by Gasteiger charge is 2.20. The van der Waals surface area contributed by atoms with E-state index < -0.39 is 0 Å². The zero-order valence-corrected chi connectivity index (χ0v) is 10.2. The molecule has 0 amide bonds. The van der Waals surface area contributed by atoms with Crippen molar-refractivity contribution >= 4 is 0 Å². The number of rotatable bonds is 5. The van der Waals surface area contributed by atoms with Crippen molar-refractivity contribution in [2.45, 2.75) is 45.6 Å². The summed E-state index contributed by atoms with van der Waals surface area (Å²) in [6.07, 6.45) is 8.88. The number of hydrogen-bond acceptors (Lipinski definition) is 2. The smallest absolute Gasteiger partial charge is 0.0490 e. The number of H-pyrrole nitrogens is 1. The molecule has 1 saturated carbocycles. The second kappa shape index (κ2) is 6.04. The third-order valence-corrected chi connectivity index (χ3v) is 3.78. The molecule has 2 unspecified atom stereocenters. The molecule has 2 rings (SSSR count). The lowest BCUT2D eigenvalue weighted by Gasteiger charge is -2.28. The van der Waals surface area contributed by atoms with Gasteiger partial charge in [0.15, 0.2) is 0 Å². The van der Waals surface area contributed by atoms with E-state index in [2.05, 4.69) is 22.4 Å². The zero-order valence-electron chi connectivity index (χ0n) is 10.2. The monoisotopic (exact) mass is 221 g/mol. The van der Waals surface area contributed by atoms with Gasteiger partial charge in [0, 0.05) is 18.4 Å². The second-order valence-electron chi connectivity index (χ2n) is 5.02. The van der Waals surface area contributed by atoms with E-state index in [-0.39, 0.29) is 0 Å². The molecule has 0 spiro atoms. The van der Waals surface area contributed by atoms with Crippen molar-refractivity contribution in [3.8, 4) is 0 Å². The fraction of sp³-hybridized carbons (Fsp3) is 0.769. The molecule has 2 atom stereocenters. The van der Waals surface area contributed by atoms with Crippen LogP contribution in [0.1, 0.15) is 44.7 Å². The summed E-state index contributed by atoms with van der Waals surface area (Å²) in [5.41, 5.74) is 1.18. The Labute approximate surface area is 98.0 Å². The Kier molecular flexibility index (Phi) is 4.40. The first-order valence-corrected chi connectivity index (χ1v) is 6.57. The Morgan fingerprint density at radius 3 is 3.06 bits per heavy atom. The number of nitrogens with zero attached hydrogens (tertiary/aromatic N) is 1. The van der Waals surface area contributed by atoms with Crippen molar-refractivity contribution in [2.75, 3.05) is 6.54 Å². The van der Waals surface area contributed by atoms with Gasteiger partial charge in [-0.05, 0) is 37.3 Å². The lowest BCUT2D eigenvalue weighted by atomic mass is 9.80. The maximum Gasteiger partial charge on any atom is 0.0490 e. The van der Waals surface area contributed by atoms with Crippen LogP contribution in [0, 0.1) is 11.8 Å². The van der Waals surface area contributed by atoms with Crippen LogP contribution in [-0.2, 0) is 6.54 Å². The van der Waals surface area contributed by atoms with Crippen molar-refractivity contribution in [3.05, 3.63) is 18.0 Å². The summed E-state index contributed by atoms with van der Waals surface area (Å²) in [5.74, 6) is 1.87. The van der Waals surface area contributed by atoms with Crippen molar-refractivity contribution < 1.29 is 0 Å². The molecule has 1 aliphatic carbocycles. The first kappa shape index (κ1) is 11.6. The Morgan fingerprint density at radius 1 is 1.44 bits per heavy atom. The molecule has 1 aliphatic rings. The van der Waals surface area contributed by atoms with Gasteiger partial charge in [-0.1, -0.05) is 26.2 Å². The van der Waals surface area contributed by atoms with E-state index in [1.165, 1.54) is 37.8 Å². The zero-order chi connectivity index (χ0) is 11.2. The average molecular weight is 221 g/mol. The molecular weight excluding hydrogens is 198 g/mol. The van der Waals surface area contributed by atoms with Crippen LogP contribution in [-0.4, -0.2) is 16.7 Å². The summed E-state index contributed by atoms with van der Waals surface area (Å²) in [5, 5.41) is 10.5. The first-order valence-electron chi connectivity index (χ1n) is 6.57. The molecule has 0 bridgehead atoms. The molecule has 0 aliphatic heterocycles. The largest absolute Gasteiger partial charge is 0.311 e. The van der Waals surface area contributed by atoms with Crippen LogP contribution in [0.2, 0.25) is 0 Å². The number of aromatic amines is 1. The topological polar surface area (TPSA) is 40.7 Å². The van der Waals surface area contributed by atoms with Crippen molar-refractivity contribution in [1.29, 1.82) is 0 Å². The minimum absolute atomic E-state index is 0.890. The van der Waals surface area contributed by atoms with Gasteiger partial charge in [0.1, 0.15) is 0 Å². The third-order valence-electron chi connectivity index (χ3n) is 3.78. The molecular formula is C13H23N3. The number of aromatic nitrogens is 2. The van der Waals surface area contributed by atoms with Gasteiger partial charge in [-0.25, -0.2) is 0 Å². The van der Waals surface area contributed by atoms with Crippen LogP contribution in [0.25, 0.3) is 0 Å². The Morgan fingerprint density at radius 2 is 2.31 bits per heavy atom. The van der Waals surface area contributed by atoms with Crippen LogP contribution in [0.3, 0.4) is 0 Å². The van der Waals surface area contributed by atoms with Crippen molar-refractivity contribution in [3.63, 3.8) is 0 Å². The van der Waals surface area contributed by atoms with Gasteiger partial charge >= 0.3 is 0 Å². The predicted molar refractivity (Wildman–Crippen MR) is 66.0 cm³/mol. The fourth-order valence-corrected chi connectivity index (χ4v) is 2.75. The summed E-state index contributed by atoms with van der Waals surface area (Å²) in [7, 11) is 0. The Bertz CT molecular complexity index is 281.